The van der Waals surface area contributed by atoms with Gasteiger partial charge in [0.05, 0.1) is 12.7 Å². The van der Waals surface area contributed by atoms with Gasteiger partial charge in [0.25, 0.3) is 0 Å². The topological polar surface area (TPSA) is 68.5 Å². The number of methoxy groups -OCH3 is 1. The van der Waals surface area contributed by atoms with Gasteiger partial charge < -0.3 is 9.15 Å². The lowest BCUT2D eigenvalue weighted by Gasteiger charge is -2.27. The molecule has 0 aromatic carbocycles. The number of carbonyl (C=O) groups is 1. The van der Waals surface area contributed by atoms with Gasteiger partial charge in [-0.2, -0.15) is 0 Å². The van der Waals surface area contributed by atoms with Crippen molar-refractivity contribution in [2.24, 2.45) is 5.41 Å². The van der Waals surface area contributed by atoms with Crippen LogP contribution in [0.1, 0.15) is 100 Å². The first-order chi connectivity index (χ1) is 17.1. The van der Waals surface area contributed by atoms with Crippen molar-refractivity contribution in [2.75, 3.05) is 7.11 Å². The Morgan fingerprint density at radius 2 is 2.00 bits per heavy atom. The summed E-state index contributed by atoms with van der Waals surface area (Å²) in [5, 5.41) is 2.52. The third-order valence-electron chi connectivity index (χ3n) is 6.73. The van der Waals surface area contributed by atoms with Gasteiger partial charge in [-0.25, -0.2) is 9.59 Å². The highest BCUT2D eigenvalue weighted by Crippen LogP contribution is 2.38. The first-order valence-electron chi connectivity index (χ1n) is 13.0. The highest BCUT2D eigenvalue weighted by Gasteiger charge is 2.28. The molecule has 0 spiro atoms. The average Bonchev–Trinajstić information content (AvgIpc) is 3.27. The molecular formula is C30H45NO4S. The van der Waals surface area contributed by atoms with Crippen molar-refractivity contribution in [1.82, 2.24) is 5.32 Å². The van der Waals surface area contributed by atoms with Crippen LogP contribution in [0, 0.1) is 12.3 Å². The van der Waals surface area contributed by atoms with Crippen molar-refractivity contribution in [3.8, 4) is 0 Å². The van der Waals surface area contributed by atoms with Gasteiger partial charge in [-0.05, 0) is 80.2 Å². The van der Waals surface area contributed by atoms with E-state index in [2.05, 4.69) is 56.5 Å². The lowest BCUT2D eigenvalue weighted by molar-refractivity contribution is 0.175. The molecule has 1 amide bonds. The SMILES string of the molecule is C=C(c1c(C)cc(C(CC)CC/C=C/NC(=O)OC)oc1=O)C(C)(C)Cc1ccc(CCCCC)s1.[HH]. The summed E-state index contributed by atoms with van der Waals surface area (Å²) in [6, 6.07) is 6.47. The van der Waals surface area contributed by atoms with E-state index in [9.17, 15) is 9.59 Å². The van der Waals surface area contributed by atoms with Gasteiger partial charge in [0, 0.05) is 23.3 Å². The fraction of sp³-hybridized carbons (Fsp3) is 0.533. The third-order valence-corrected chi connectivity index (χ3v) is 7.87. The minimum Gasteiger partial charge on any atom is -0.453 e. The van der Waals surface area contributed by atoms with Gasteiger partial charge in [-0.1, -0.05) is 53.2 Å². The monoisotopic (exact) mass is 515 g/mol. The van der Waals surface area contributed by atoms with Crippen molar-refractivity contribution in [3.63, 3.8) is 0 Å². The standard InChI is InChI=1S/C30H43NO4S.H2/c1-8-10-11-15-24-16-17-25(36-24)20-30(5,6)22(4)27-21(3)19-26(35-28(27)32)23(9-2)14-12-13-18-31-29(33)34-7;/h13,16-19,23H,4,8-12,14-15,20H2,1-3,5-7H3,(H,31,33);1H/b18-13+;. The second-order valence-corrected chi connectivity index (χ2v) is 11.3. The summed E-state index contributed by atoms with van der Waals surface area (Å²) in [6.45, 7) is 15.0. The molecule has 0 bridgehead atoms. The fourth-order valence-corrected chi connectivity index (χ4v) is 5.68. The molecule has 6 heteroatoms. The maximum Gasteiger partial charge on any atom is 0.410 e. The van der Waals surface area contributed by atoms with Crippen LogP contribution >= 0.6 is 11.3 Å². The van der Waals surface area contributed by atoms with Gasteiger partial charge in [0.1, 0.15) is 5.76 Å². The molecule has 2 aromatic rings. The average molecular weight is 516 g/mol. The maximum atomic E-state index is 13.2. The number of hydrogen-bond acceptors (Lipinski definition) is 5. The Bertz CT molecular complexity index is 1100. The molecule has 0 aliphatic rings. The second kappa shape index (κ2) is 14.2. The van der Waals surface area contributed by atoms with Crippen LogP contribution in [-0.4, -0.2) is 13.2 Å². The van der Waals surface area contributed by atoms with Gasteiger partial charge in [0.2, 0.25) is 0 Å². The molecule has 2 heterocycles. The predicted octanol–water partition coefficient (Wildman–Crippen LogP) is 8.41. The van der Waals surface area contributed by atoms with Crippen LogP contribution in [0.25, 0.3) is 5.57 Å². The molecule has 1 unspecified atom stereocenters. The summed E-state index contributed by atoms with van der Waals surface area (Å²) in [5.74, 6) is 0.824. The Kier molecular flexibility index (Phi) is 11.7. The molecule has 2 aromatic heterocycles. The number of aryl methyl sites for hydroxylation is 2. The van der Waals surface area contributed by atoms with Crippen LogP contribution in [0.2, 0.25) is 0 Å². The fourth-order valence-electron chi connectivity index (χ4n) is 4.39. The number of unbranched alkanes of at least 4 members (excludes halogenated alkanes) is 2. The number of allylic oxidation sites excluding steroid dienone is 2. The number of rotatable bonds is 14. The molecule has 5 nitrogen and oxygen atoms in total. The quantitative estimate of drug-likeness (QED) is 0.256. The number of nitrogens with one attached hydrogen (secondary N) is 1. The first-order valence-corrected chi connectivity index (χ1v) is 13.9. The van der Waals surface area contributed by atoms with E-state index < -0.39 is 6.09 Å². The Hall–Kier alpha value is -2.60. The molecule has 1 atom stereocenters. The van der Waals surface area contributed by atoms with Gasteiger partial charge in [-0.15, -0.1) is 11.3 Å². The minimum absolute atomic E-state index is 0. The van der Waals surface area contributed by atoms with Crippen LogP contribution in [0.5, 0.6) is 0 Å². The Morgan fingerprint density at radius 1 is 1.28 bits per heavy atom. The smallest absolute Gasteiger partial charge is 0.410 e. The van der Waals surface area contributed by atoms with Gasteiger partial charge >= 0.3 is 11.7 Å². The molecule has 1 N–H and O–H groups in total. The van der Waals surface area contributed by atoms with E-state index in [1.54, 1.807) is 6.20 Å². The summed E-state index contributed by atoms with van der Waals surface area (Å²) in [4.78, 5) is 27.0. The third kappa shape index (κ3) is 8.51. The zero-order valence-electron chi connectivity index (χ0n) is 22.9. The summed E-state index contributed by atoms with van der Waals surface area (Å²) >= 11 is 1.88. The van der Waals surface area contributed by atoms with Crippen LogP contribution in [-0.2, 0) is 17.6 Å². The van der Waals surface area contributed by atoms with Crippen LogP contribution < -0.4 is 10.9 Å². The number of ether oxygens (including phenoxy) is 1. The zero-order chi connectivity index (χ0) is 26.7. The van der Waals surface area contributed by atoms with Crippen molar-refractivity contribution in [2.45, 2.75) is 91.9 Å². The molecule has 2 rings (SSSR count). The lowest BCUT2D eigenvalue weighted by Crippen LogP contribution is -2.22. The summed E-state index contributed by atoms with van der Waals surface area (Å²) < 4.78 is 10.4. The highest BCUT2D eigenvalue weighted by molar-refractivity contribution is 7.12. The van der Waals surface area contributed by atoms with E-state index in [4.69, 9.17) is 4.42 Å². The van der Waals surface area contributed by atoms with E-state index in [-0.39, 0.29) is 18.4 Å². The lowest BCUT2D eigenvalue weighted by atomic mass is 9.77. The molecular weight excluding hydrogens is 470 g/mol. The number of amides is 1. The highest BCUT2D eigenvalue weighted by atomic mass is 32.1. The Balaban J connectivity index is 0.00000684. The predicted molar refractivity (Wildman–Crippen MR) is 153 cm³/mol. The molecule has 0 saturated heterocycles. The van der Waals surface area contributed by atoms with Crippen molar-refractivity contribution < 1.29 is 15.4 Å². The normalized spacial score (nSPS) is 12.6. The summed E-state index contributed by atoms with van der Waals surface area (Å²) in [5.41, 5.74) is 1.75. The van der Waals surface area contributed by atoms with E-state index in [1.165, 1.54) is 36.1 Å². The Labute approximate surface area is 222 Å². The molecule has 0 aliphatic heterocycles. The zero-order valence-corrected chi connectivity index (χ0v) is 23.7. The first kappa shape index (κ1) is 29.6. The van der Waals surface area contributed by atoms with E-state index in [0.29, 0.717) is 11.3 Å². The number of carbonyl (C=O) groups excluding carboxylic acids is 1. The number of alkyl carbamates (subject to hydrolysis) is 1. The van der Waals surface area contributed by atoms with Crippen LogP contribution in [0.3, 0.4) is 0 Å². The maximum absolute atomic E-state index is 13.2. The molecule has 0 radical (unpaired) electrons. The molecule has 200 valence electrons. The molecule has 0 aliphatic carbocycles. The van der Waals surface area contributed by atoms with Gasteiger partial charge in [-0.3, -0.25) is 5.32 Å². The number of hydrogen-bond donors (Lipinski definition) is 1. The minimum atomic E-state index is -0.495. The molecule has 0 fully saturated rings. The molecule has 0 saturated carbocycles. The summed E-state index contributed by atoms with van der Waals surface area (Å²) in [7, 11) is 1.33. The van der Waals surface area contributed by atoms with E-state index >= 15 is 0 Å². The van der Waals surface area contributed by atoms with E-state index in [0.717, 1.165) is 43.2 Å². The second-order valence-electron chi connectivity index (χ2n) is 10.1. The Morgan fingerprint density at radius 3 is 2.64 bits per heavy atom. The van der Waals surface area contributed by atoms with Crippen molar-refractivity contribution in [3.05, 3.63) is 74.1 Å². The summed E-state index contributed by atoms with van der Waals surface area (Å²) in [6.07, 6.45) is 11.1. The largest absolute Gasteiger partial charge is 0.453 e. The van der Waals surface area contributed by atoms with Crippen molar-refractivity contribution >= 4 is 23.0 Å². The van der Waals surface area contributed by atoms with Crippen LogP contribution in [0.4, 0.5) is 4.79 Å². The van der Waals surface area contributed by atoms with Crippen molar-refractivity contribution in [1.29, 1.82) is 0 Å². The molecule has 36 heavy (non-hydrogen) atoms. The van der Waals surface area contributed by atoms with Gasteiger partial charge in [0.15, 0.2) is 0 Å². The van der Waals surface area contributed by atoms with Crippen LogP contribution in [0.15, 0.2) is 46.3 Å². The van der Waals surface area contributed by atoms with E-state index in [1.807, 2.05) is 30.4 Å². The number of thiophene rings is 1.